The van der Waals surface area contributed by atoms with Gasteiger partial charge in [-0.2, -0.15) is 0 Å². The maximum absolute atomic E-state index is 12.0. The van der Waals surface area contributed by atoms with Crippen molar-refractivity contribution in [2.45, 2.75) is 52.0 Å². The van der Waals surface area contributed by atoms with E-state index in [0.29, 0.717) is 25.9 Å². The van der Waals surface area contributed by atoms with Gasteiger partial charge in [0, 0.05) is 18.4 Å². The van der Waals surface area contributed by atoms with Crippen molar-refractivity contribution in [1.82, 2.24) is 5.32 Å². The summed E-state index contributed by atoms with van der Waals surface area (Å²) >= 11 is 0. The second-order valence-corrected chi connectivity index (χ2v) is 5.90. The maximum Gasteiger partial charge on any atom is 0.303 e. The second kappa shape index (κ2) is 8.41. The van der Waals surface area contributed by atoms with Gasteiger partial charge in [0.15, 0.2) is 0 Å². The highest BCUT2D eigenvalue weighted by Gasteiger charge is 2.21. The van der Waals surface area contributed by atoms with E-state index in [9.17, 15) is 9.59 Å². The Labute approximate surface area is 131 Å². The number of carbonyl (C=O) groups is 2. The zero-order valence-electron chi connectivity index (χ0n) is 13.5. The second-order valence-electron chi connectivity index (χ2n) is 5.90. The molecule has 122 valence electrons. The molecule has 1 rings (SSSR count). The summed E-state index contributed by atoms with van der Waals surface area (Å²) in [5.41, 5.74) is 0.566. The standard InChI is InChI=1S/C17H25NO4/c1-4-22-14-8-5-13(6-9-14)7-10-15(19)18-17(2,3)12-11-16(20)21/h5-6,8-9H,4,7,10-12H2,1-3H3,(H,18,19)(H,20,21). The van der Waals surface area contributed by atoms with E-state index in [1.165, 1.54) is 0 Å². The lowest BCUT2D eigenvalue weighted by atomic mass is 9.98. The molecule has 0 radical (unpaired) electrons. The first-order valence-electron chi connectivity index (χ1n) is 7.57. The summed E-state index contributed by atoms with van der Waals surface area (Å²) in [6, 6.07) is 7.70. The molecule has 0 aliphatic heterocycles. The zero-order chi connectivity index (χ0) is 16.6. The van der Waals surface area contributed by atoms with Crippen LogP contribution in [0.15, 0.2) is 24.3 Å². The average Bonchev–Trinajstić information content (AvgIpc) is 2.44. The molecule has 0 aromatic heterocycles. The molecule has 0 atom stereocenters. The smallest absolute Gasteiger partial charge is 0.303 e. The fraction of sp³-hybridized carbons (Fsp3) is 0.529. The van der Waals surface area contributed by atoms with E-state index in [1.807, 2.05) is 45.0 Å². The first-order chi connectivity index (χ1) is 10.3. The Morgan fingerprint density at radius 1 is 1.18 bits per heavy atom. The summed E-state index contributed by atoms with van der Waals surface area (Å²) in [5.74, 6) is -0.0912. The first-order valence-corrected chi connectivity index (χ1v) is 7.57. The summed E-state index contributed by atoms with van der Waals surface area (Å²) < 4.78 is 5.37. The third-order valence-corrected chi connectivity index (χ3v) is 3.32. The molecule has 2 N–H and O–H groups in total. The van der Waals surface area contributed by atoms with Gasteiger partial charge in [-0.15, -0.1) is 0 Å². The van der Waals surface area contributed by atoms with Crippen molar-refractivity contribution in [2.24, 2.45) is 0 Å². The van der Waals surface area contributed by atoms with E-state index in [0.717, 1.165) is 11.3 Å². The van der Waals surface area contributed by atoms with Gasteiger partial charge in [-0.1, -0.05) is 12.1 Å². The van der Waals surface area contributed by atoms with E-state index in [-0.39, 0.29) is 12.3 Å². The normalized spacial score (nSPS) is 11.0. The molecule has 1 aromatic rings. The van der Waals surface area contributed by atoms with Crippen LogP contribution >= 0.6 is 0 Å². The van der Waals surface area contributed by atoms with Crippen LogP contribution in [0, 0.1) is 0 Å². The van der Waals surface area contributed by atoms with Gasteiger partial charge in [-0.05, 0) is 51.3 Å². The molecule has 0 fully saturated rings. The maximum atomic E-state index is 12.0. The number of aryl methyl sites for hydroxylation is 1. The lowest BCUT2D eigenvalue weighted by Crippen LogP contribution is -2.43. The van der Waals surface area contributed by atoms with E-state index in [4.69, 9.17) is 9.84 Å². The van der Waals surface area contributed by atoms with Crippen molar-refractivity contribution < 1.29 is 19.4 Å². The number of carboxylic acids is 1. The molecular weight excluding hydrogens is 282 g/mol. The monoisotopic (exact) mass is 307 g/mol. The Morgan fingerprint density at radius 2 is 1.82 bits per heavy atom. The molecular formula is C17H25NO4. The predicted molar refractivity (Wildman–Crippen MR) is 85.0 cm³/mol. The van der Waals surface area contributed by atoms with Crippen molar-refractivity contribution in [2.75, 3.05) is 6.61 Å². The molecule has 0 heterocycles. The predicted octanol–water partition coefficient (Wildman–Crippen LogP) is 2.78. The number of carboxylic acid groups (broad SMARTS) is 1. The van der Waals surface area contributed by atoms with Gasteiger partial charge < -0.3 is 15.2 Å². The first kappa shape index (κ1) is 18.0. The Balaban J connectivity index is 2.40. The fourth-order valence-electron chi connectivity index (χ4n) is 2.10. The topological polar surface area (TPSA) is 75.6 Å². The van der Waals surface area contributed by atoms with Crippen molar-refractivity contribution in [3.63, 3.8) is 0 Å². The number of ether oxygens (including phenoxy) is 1. The molecule has 0 aliphatic carbocycles. The van der Waals surface area contributed by atoms with Crippen LogP contribution in [0.5, 0.6) is 5.75 Å². The van der Waals surface area contributed by atoms with Crippen LogP contribution in [-0.2, 0) is 16.0 Å². The molecule has 22 heavy (non-hydrogen) atoms. The third-order valence-electron chi connectivity index (χ3n) is 3.32. The summed E-state index contributed by atoms with van der Waals surface area (Å²) in [7, 11) is 0. The van der Waals surface area contributed by atoms with Crippen LogP contribution in [0.1, 0.15) is 45.6 Å². The number of rotatable bonds is 9. The van der Waals surface area contributed by atoms with Gasteiger partial charge in [0.05, 0.1) is 6.61 Å². The minimum atomic E-state index is -0.850. The van der Waals surface area contributed by atoms with Crippen LogP contribution in [0.4, 0.5) is 0 Å². The highest BCUT2D eigenvalue weighted by Crippen LogP contribution is 2.14. The number of amides is 1. The molecule has 0 spiro atoms. The Hall–Kier alpha value is -2.04. The van der Waals surface area contributed by atoms with Gasteiger partial charge >= 0.3 is 5.97 Å². The lowest BCUT2D eigenvalue weighted by molar-refractivity contribution is -0.137. The zero-order valence-corrected chi connectivity index (χ0v) is 13.5. The molecule has 0 saturated carbocycles. The Bertz CT molecular complexity index is 494. The molecule has 1 amide bonds. The minimum absolute atomic E-state index is 0.0478. The molecule has 5 nitrogen and oxygen atoms in total. The van der Waals surface area contributed by atoms with Crippen LogP contribution in [0.2, 0.25) is 0 Å². The summed E-state index contributed by atoms with van der Waals surface area (Å²) in [4.78, 5) is 22.6. The Morgan fingerprint density at radius 3 is 2.36 bits per heavy atom. The number of benzene rings is 1. The van der Waals surface area contributed by atoms with E-state index in [1.54, 1.807) is 0 Å². The van der Waals surface area contributed by atoms with Gasteiger partial charge in [-0.25, -0.2) is 0 Å². The Kier molecular flexibility index (Phi) is 6.89. The van der Waals surface area contributed by atoms with E-state index < -0.39 is 11.5 Å². The third kappa shape index (κ3) is 7.11. The van der Waals surface area contributed by atoms with Crippen molar-refractivity contribution in [3.05, 3.63) is 29.8 Å². The van der Waals surface area contributed by atoms with Crippen molar-refractivity contribution in [1.29, 1.82) is 0 Å². The number of carbonyl (C=O) groups excluding carboxylic acids is 1. The van der Waals surface area contributed by atoms with E-state index in [2.05, 4.69) is 5.32 Å². The number of hydrogen-bond donors (Lipinski definition) is 2. The molecule has 1 aromatic carbocycles. The fourth-order valence-corrected chi connectivity index (χ4v) is 2.10. The largest absolute Gasteiger partial charge is 0.494 e. The van der Waals surface area contributed by atoms with Crippen LogP contribution < -0.4 is 10.1 Å². The van der Waals surface area contributed by atoms with Gasteiger partial charge in [0.1, 0.15) is 5.75 Å². The SMILES string of the molecule is CCOc1ccc(CCC(=O)NC(C)(C)CCC(=O)O)cc1. The van der Waals surface area contributed by atoms with Crippen molar-refractivity contribution >= 4 is 11.9 Å². The van der Waals surface area contributed by atoms with Gasteiger partial charge in [0.25, 0.3) is 0 Å². The molecule has 0 aliphatic rings. The summed E-state index contributed by atoms with van der Waals surface area (Å²) in [6.45, 7) is 6.24. The van der Waals surface area contributed by atoms with Crippen LogP contribution in [-0.4, -0.2) is 29.1 Å². The summed E-state index contributed by atoms with van der Waals surface area (Å²) in [6.07, 6.45) is 1.49. The molecule has 0 bridgehead atoms. The molecule has 5 heteroatoms. The quantitative estimate of drug-likeness (QED) is 0.735. The summed E-state index contributed by atoms with van der Waals surface area (Å²) in [5, 5.41) is 11.6. The number of hydrogen-bond acceptors (Lipinski definition) is 3. The minimum Gasteiger partial charge on any atom is -0.494 e. The average molecular weight is 307 g/mol. The van der Waals surface area contributed by atoms with Gasteiger partial charge in [-0.3, -0.25) is 9.59 Å². The van der Waals surface area contributed by atoms with Crippen molar-refractivity contribution in [3.8, 4) is 5.75 Å². The van der Waals surface area contributed by atoms with Crippen LogP contribution in [0.25, 0.3) is 0 Å². The lowest BCUT2D eigenvalue weighted by Gasteiger charge is -2.25. The van der Waals surface area contributed by atoms with Gasteiger partial charge in [0.2, 0.25) is 5.91 Å². The molecule has 0 unspecified atom stereocenters. The highest BCUT2D eigenvalue weighted by atomic mass is 16.5. The number of nitrogens with one attached hydrogen (secondary N) is 1. The highest BCUT2D eigenvalue weighted by molar-refractivity contribution is 5.77. The molecule has 0 saturated heterocycles. The number of aliphatic carboxylic acids is 1. The van der Waals surface area contributed by atoms with Crippen LogP contribution in [0.3, 0.4) is 0 Å². The van der Waals surface area contributed by atoms with E-state index >= 15 is 0 Å².